The normalized spacial score (nSPS) is 34.9. The van der Waals surface area contributed by atoms with Crippen molar-refractivity contribution in [2.75, 3.05) is 12.4 Å². The van der Waals surface area contributed by atoms with Crippen molar-refractivity contribution in [1.29, 1.82) is 0 Å². The van der Waals surface area contributed by atoms with Gasteiger partial charge in [0, 0.05) is 0 Å². The highest BCUT2D eigenvalue weighted by atomic mass is 32.2. The van der Waals surface area contributed by atoms with E-state index in [4.69, 9.17) is 6.42 Å². The molecule has 0 N–H and O–H groups in total. The van der Waals surface area contributed by atoms with Crippen LogP contribution in [0, 0.1) is 18.3 Å². The smallest absolute Gasteiger partial charge is 0.263 e. The van der Waals surface area contributed by atoms with Gasteiger partial charge in [-0.25, -0.2) is 4.39 Å². The van der Waals surface area contributed by atoms with Crippen molar-refractivity contribution in [3.8, 4) is 12.3 Å². The topological polar surface area (TPSA) is 43.4 Å². The molecule has 0 amide bonds. The molecule has 62 valence electrons. The zero-order valence-corrected chi connectivity index (χ0v) is 6.47. The summed E-state index contributed by atoms with van der Waals surface area (Å²) < 4.78 is 37.7. The van der Waals surface area contributed by atoms with Crippen LogP contribution >= 0.6 is 0 Å². The van der Waals surface area contributed by atoms with Crippen LogP contribution in [0.1, 0.15) is 0 Å². The van der Waals surface area contributed by atoms with Crippen LogP contribution in [-0.4, -0.2) is 26.9 Å². The second kappa shape index (κ2) is 2.80. The van der Waals surface area contributed by atoms with E-state index in [1.807, 2.05) is 0 Å². The zero-order valence-electron chi connectivity index (χ0n) is 5.66. The molecule has 1 saturated heterocycles. The molecule has 1 rings (SSSR count). The van der Waals surface area contributed by atoms with Gasteiger partial charge in [-0.15, -0.1) is 6.42 Å². The summed E-state index contributed by atoms with van der Waals surface area (Å²) in [5.41, 5.74) is 0. The molecule has 1 heterocycles. The summed E-state index contributed by atoms with van der Waals surface area (Å²) in [7, 11) is -3.55. The highest BCUT2D eigenvalue weighted by Crippen LogP contribution is 2.22. The minimum absolute atomic E-state index is 0.266. The average Bonchev–Trinajstić information content (AvgIpc) is 2.25. The molecule has 2 atom stereocenters. The maximum Gasteiger partial charge on any atom is 0.269 e. The Kier molecular flexibility index (Phi) is 2.16. The number of terminal acetylenes is 1. The molecule has 1 aliphatic rings. The zero-order chi connectivity index (χ0) is 8.48. The molecule has 0 aromatic heterocycles. The van der Waals surface area contributed by atoms with Gasteiger partial charge in [-0.05, 0) is 0 Å². The van der Waals surface area contributed by atoms with E-state index in [2.05, 4.69) is 10.1 Å². The lowest BCUT2D eigenvalue weighted by atomic mass is 10.1. The lowest BCUT2D eigenvalue weighted by molar-refractivity contribution is 0.171. The Morgan fingerprint density at radius 3 is 2.73 bits per heavy atom. The molecular weight excluding hydrogens is 171 g/mol. The number of rotatable bonds is 1. The first-order chi connectivity index (χ1) is 5.09. The maximum absolute atomic E-state index is 12.0. The molecule has 0 aromatic carbocycles. The fraction of sp³-hybridized carbons (Fsp3) is 0.667. The third kappa shape index (κ3) is 1.70. The first-order valence-corrected chi connectivity index (χ1v) is 4.60. The number of hydrogen-bond donors (Lipinski definition) is 0. The lowest BCUT2D eigenvalue weighted by Gasteiger charge is -2.04. The standard InChI is InChI=1S/C6H7FO3S/c1-2-5-4-11(8,9)10-6(5)3-7/h1,5-6H,3-4H2. The first kappa shape index (κ1) is 8.50. The van der Waals surface area contributed by atoms with E-state index in [-0.39, 0.29) is 5.75 Å². The Bertz CT molecular complexity index is 277. The van der Waals surface area contributed by atoms with Gasteiger partial charge < -0.3 is 0 Å². The predicted octanol–water partition coefficient (Wildman–Crippen LogP) is -0.0661. The van der Waals surface area contributed by atoms with Gasteiger partial charge in [0.2, 0.25) is 0 Å². The molecule has 2 unspecified atom stereocenters. The third-order valence-corrected chi connectivity index (χ3v) is 2.78. The van der Waals surface area contributed by atoms with Gasteiger partial charge in [0.25, 0.3) is 10.1 Å². The lowest BCUT2D eigenvalue weighted by Crippen LogP contribution is -2.17. The van der Waals surface area contributed by atoms with Crippen LogP contribution in [0.15, 0.2) is 0 Å². The molecule has 0 bridgehead atoms. The van der Waals surface area contributed by atoms with Crippen molar-refractivity contribution >= 4 is 10.1 Å². The SMILES string of the molecule is C#CC1CS(=O)(=O)OC1CF. The molecule has 1 aliphatic heterocycles. The minimum atomic E-state index is -3.55. The molecule has 0 spiro atoms. The number of hydrogen-bond acceptors (Lipinski definition) is 3. The molecular formula is C6H7FO3S. The monoisotopic (exact) mass is 178 g/mol. The van der Waals surface area contributed by atoms with Gasteiger partial charge in [0.15, 0.2) is 0 Å². The van der Waals surface area contributed by atoms with Crippen LogP contribution in [0.2, 0.25) is 0 Å². The quantitative estimate of drug-likeness (QED) is 0.417. The Morgan fingerprint density at radius 1 is 1.73 bits per heavy atom. The van der Waals surface area contributed by atoms with E-state index in [1.54, 1.807) is 0 Å². The van der Waals surface area contributed by atoms with Crippen LogP contribution in [0.3, 0.4) is 0 Å². The molecule has 3 nitrogen and oxygen atoms in total. The third-order valence-electron chi connectivity index (χ3n) is 1.47. The van der Waals surface area contributed by atoms with E-state index < -0.39 is 28.8 Å². The van der Waals surface area contributed by atoms with Crippen molar-refractivity contribution in [1.82, 2.24) is 0 Å². The molecule has 1 fully saturated rings. The fourth-order valence-electron chi connectivity index (χ4n) is 0.911. The van der Waals surface area contributed by atoms with Crippen molar-refractivity contribution in [2.45, 2.75) is 6.10 Å². The maximum atomic E-state index is 12.0. The van der Waals surface area contributed by atoms with Crippen molar-refractivity contribution in [3.63, 3.8) is 0 Å². The Hall–Kier alpha value is -0.600. The van der Waals surface area contributed by atoms with Gasteiger partial charge in [-0.2, -0.15) is 8.42 Å². The van der Waals surface area contributed by atoms with Gasteiger partial charge in [0.05, 0.1) is 11.7 Å². The average molecular weight is 178 g/mol. The summed E-state index contributed by atoms with van der Waals surface area (Å²) in [5.74, 6) is 1.28. The van der Waals surface area contributed by atoms with Crippen LogP contribution in [0.25, 0.3) is 0 Å². The first-order valence-electron chi connectivity index (χ1n) is 3.02. The van der Waals surface area contributed by atoms with E-state index in [1.165, 1.54) is 0 Å². The Morgan fingerprint density at radius 2 is 2.36 bits per heavy atom. The van der Waals surface area contributed by atoms with E-state index in [0.717, 1.165) is 0 Å². The van der Waals surface area contributed by atoms with Crippen LogP contribution in [0.4, 0.5) is 4.39 Å². The van der Waals surface area contributed by atoms with Gasteiger partial charge in [-0.1, -0.05) is 5.92 Å². The second-order valence-corrected chi connectivity index (χ2v) is 3.93. The number of halogens is 1. The van der Waals surface area contributed by atoms with Crippen molar-refractivity contribution in [3.05, 3.63) is 0 Å². The summed E-state index contributed by atoms with van der Waals surface area (Å²) >= 11 is 0. The van der Waals surface area contributed by atoms with Gasteiger partial charge in [-0.3, -0.25) is 4.18 Å². The summed E-state index contributed by atoms with van der Waals surface area (Å²) in [5, 5.41) is 0. The highest BCUT2D eigenvalue weighted by molar-refractivity contribution is 7.87. The second-order valence-electron chi connectivity index (χ2n) is 2.29. The van der Waals surface area contributed by atoms with Crippen LogP contribution in [-0.2, 0) is 14.3 Å². The fourth-order valence-corrected chi connectivity index (χ4v) is 2.30. The van der Waals surface area contributed by atoms with Gasteiger partial charge >= 0.3 is 0 Å². The molecule has 11 heavy (non-hydrogen) atoms. The van der Waals surface area contributed by atoms with Crippen molar-refractivity contribution < 1.29 is 17.0 Å². The summed E-state index contributed by atoms with van der Waals surface area (Å²) in [6.45, 7) is -0.853. The highest BCUT2D eigenvalue weighted by Gasteiger charge is 2.37. The molecule has 0 saturated carbocycles. The van der Waals surface area contributed by atoms with Crippen LogP contribution in [0.5, 0.6) is 0 Å². The van der Waals surface area contributed by atoms with Gasteiger partial charge in [0.1, 0.15) is 12.8 Å². The minimum Gasteiger partial charge on any atom is -0.263 e. The van der Waals surface area contributed by atoms with Crippen molar-refractivity contribution in [2.24, 2.45) is 5.92 Å². The number of alkyl halides is 1. The van der Waals surface area contributed by atoms with E-state index in [9.17, 15) is 12.8 Å². The largest absolute Gasteiger partial charge is 0.269 e. The van der Waals surface area contributed by atoms with E-state index in [0.29, 0.717) is 0 Å². The molecule has 0 aromatic rings. The molecule has 0 radical (unpaired) electrons. The van der Waals surface area contributed by atoms with E-state index >= 15 is 0 Å². The molecule has 0 aliphatic carbocycles. The summed E-state index contributed by atoms with van der Waals surface area (Å²) in [6.07, 6.45) is 3.99. The van der Waals surface area contributed by atoms with Crippen LogP contribution < -0.4 is 0 Å². The Labute approximate surface area is 64.7 Å². The summed E-state index contributed by atoms with van der Waals surface area (Å²) in [6, 6.07) is 0. The predicted molar refractivity (Wildman–Crippen MR) is 37.0 cm³/mol. The molecule has 5 heteroatoms. The Balaban J connectivity index is 2.80. The summed E-state index contributed by atoms with van der Waals surface area (Å²) in [4.78, 5) is 0.